The second-order valence-corrected chi connectivity index (χ2v) is 17.8. The Kier molecular flexibility index (Phi) is 7.63. The summed E-state index contributed by atoms with van der Waals surface area (Å²) in [5.41, 5.74) is 1.69. The van der Waals surface area contributed by atoms with E-state index in [1.165, 1.54) is 0 Å². The molecule has 158 valence electrons. The lowest BCUT2D eigenvalue weighted by Gasteiger charge is -2.41. The van der Waals surface area contributed by atoms with E-state index in [9.17, 15) is 4.55 Å². The van der Waals surface area contributed by atoms with E-state index in [4.69, 9.17) is 4.43 Å². The zero-order valence-corrected chi connectivity index (χ0v) is 21.9. The molecular formula is C21H35BrN2O2SSi. The number of nitrogens with zero attached hydrogens (tertiary/aromatic N) is 2. The smallest absolute Gasteiger partial charge is 0.191 e. The van der Waals surface area contributed by atoms with Crippen LogP contribution in [-0.4, -0.2) is 34.9 Å². The molecule has 0 aliphatic heterocycles. The lowest BCUT2D eigenvalue weighted by atomic mass is 9.72. The standard InChI is InChI=1S/C21H35BrN2O2SSi/c1-20(2,3)27(25)24-19(17-10-9-11-18(22)23-17)16-12-15(13-16)14-26-28(7,8)21(4,5)6/h9-11,15-16H,12-14H2,1-8H3/t15?,16?,27-/m1/s1. The van der Waals surface area contributed by atoms with Crippen LogP contribution in [0, 0.1) is 11.8 Å². The Hall–Kier alpha value is -0.213. The van der Waals surface area contributed by atoms with Crippen LogP contribution in [0.3, 0.4) is 0 Å². The van der Waals surface area contributed by atoms with Gasteiger partial charge in [0.1, 0.15) is 26.4 Å². The molecule has 0 saturated heterocycles. The van der Waals surface area contributed by atoms with E-state index in [1.807, 2.05) is 39.0 Å². The minimum Gasteiger partial charge on any atom is -0.591 e. The average molecular weight is 488 g/mol. The molecule has 1 aromatic heterocycles. The minimum atomic E-state index is -1.72. The molecule has 1 aliphatic carbocycles. The lowest BCUT2D eigenvalue weighted by Crippen LogP contribution is -2.44. The Balaban J connectivity index is 2.10. The zero-order chi connectivity index (χ0) is 21.3. The molecule has 2 rings (SSSR count). The summed E-state index contributed by atoms with van der Waals surface area (Å²) in [5, 5.41) is 0.229. The molecule has 0 radical (unpaired) electrons. The first kappa shape index (κ1) is 24.1. The van der Waals surface area contributed by atoms with Gasteiger partial charge in [-0.3, -0.25) is 0 Å². The van der Waals surface area contributed by atoms with Gasteiger partial charge in [-0.1, -0.05) is 31.2 Å². The Morgan fingerprint density at radius 2 is 1.86 bits per heavy atom. The van der Waals surface area contributed by atoms with Gasteiger partial charge in [-0.05, 0) is 85.7 Å². The third-order valence-electron chi connectivity index (χ3n) is 5.79. The quantitative estimate of drug-likeness (QED) is 0.210. The number of hydrogen-bond acceptors (Lipinski definition) is 4. The second kappa shape index (κ2) is 8.88. The number of pyridine rings is 1. The van der Waals surface area contributed by atoms with Gasteiger partial charge in [-0.15, -0.1) is 0 Å². The summed E-state index contributed by atoms with van der Waals surface area (Å²) in [4.78, 5) is 4.58. The average Bonchev–Trinajstić information content (AvgIpc) is 2.49. The van der Waals surface area contributed by atoms with Gasteiger partial charge in [0.25, 0.3) is 0 Å². The van der Waals surface area contributed by atoms with Crippen molar-refractivity contribution < 1.29 is 8.98 Å². The van der Waals surface area contributed by atoms with Crippen molar-refractivity contribution in [3.63, 3.8) is 0 Å². The molecule has 0 amide bonds. The molecule has 0 bridgehead atoms. The van der Waals surface area contributed by atoms with E-state index in [2.05, 4.69) is 59.2 Å². The molecule has 1 aliphatic rings. The van der Waals surface area contributed by atoms with E-state index in [-0.39, 0.29) is 9.79 Å². The highest BCUT2D eigenvalue weighted by molar-refractivity contribution is 9.10. The zero-order valence-electron chi connectivity index (χ0n) is 18.5. The van der Waals surface area contributed by atoms with Crippen molar-refractivity contribution in [3.05, 3.63) is 28.5 Å². The maximum absolute atomic E-state index is 12.7. The number of halogens is 1. The number of aromatic nitrogens is 1. The number of rotatable bonds is 6. The fourth-order valence-corrected chi connectivity index (χ4v) is 4.87. The molecular weight excluding hydrogens is 452 g/mol. The number of hydrogen-bond donors (Lipinski definition) is 0. The molecule has 7 heteroatoms. The predicted octanol–water partition coefficient (Wildman–Crippen LogP) is 6.14. The Labute approximate surface area is 183 Å². The Morgan fingerprint density at radius 1 is 1.25 bits per heavy atom. The van der Waals surface area contributed by atoms with E-state index < -0.39 is 19.7 Å². The largest absolute Gasteiger partial charge is 0.591 e. The third-order valence-corrected chi connectivity index (χ3v) is 12.1. The first-order valence-corrected chi connectivity index (χ1v) is 14.8. The van der Waals surface area contributed by atoms with Crippen LogP contribution in [0.25, 0.3) is 0 Å². The highest BCUT2D eigenvalue weighted by Crippen LogP contribution is 2.41. The maximum atomic E-state index is 12.7. The normalized spacial score (nSPS) is 22.7. The maximum Gasteiger partial charge on any atom is 0.191 e. The SMILES string of the molecule is CC(C)(C)[S@@+]([O-])N=C(c1cccc(Br)n1)C1CC(CO[Si](C)(C)C(C)(C)C)C1. The van der Waals surface area contributed by atoms with E-state index in [1.54, 1.807) is 0 Å². The minimum absolute atomic E-state index is 0.229. The van der Waals surface area contributed by atoms with Gasteiger partial charge in [-0.2, -0.15) is 0 Å². The van der Waals surface area contributed by atoms with Gasteiger partial charge in [0.2, 0.25) is 0 Å². The van der Waals surface area contributed by atoms with Crippen LogP contribution in [0.2, 0.25) is 18.1 Å². The molecule has 1 atom stereocenters. The van der Waals surface area contributed by atoms with E-state index >= 15 is 0 Å². The van der Waals surface area contributed by atoms with Gasteiger partial charge < -0.3 is 8.98 Å². The molecule has 1 saturated carbocycles. The van der Waals surface area contributed by atoms with Gasteiger partial charge in [-0.25, -0.2) is 4.98 Å². The molecule has 4 nitrogen and oxygen atoms in total. The highest BCUT2D eigenvalue weighted by Gasteiger charge is 2.41. The molecule has 1 heterocycles. The van der Waals surface area contributed by atoms with Crippen LogP contribution in [0.15, 0.2) is 27.2 Å². The van der Waals surface area contributed by atoms with Crippen LogP contribution >= 0.6 is 15.9 Å². The lowest BCUT2D eigenvalue weighted by molar-refractivity contribution is 0.143. The van der Waals surface area contributed by atoms with Gasteiger partial charge >= 0.3 is 0 Å². The predicted molar refractivity (Wildman–Crippen MR) is 126 cm³/mol. The van der Waals surface area contributed by atoms with Gasteiger partial charge in [0.15, 0.2) is 8.32 Å². The topological polar surface area (TPSA) is 57.5 Å². The van der Waals surface area contributed by atoms with Crippen molar-refractivity contribution in [1.29, 1.82) is 0 Å². The Bertz CT molecular complexity index is 707. The first-order chi connectivity index (χ1) is 12.7. The first-order valence-electron chi connectivity index (χ1n) is 9.98. The summed E-state index contributed by atoms with van der Waals surface area (Å²) in [6.07, 6.45) is 2.03. The van der Waals surface area contributed by atoms with Crippen molar-refractivity contribution in [1.82, 2.24) is 4.98 Å². The van der Waals surface area contributed by atoms with Crippen LogP contribution in [0.4, 0.5) is 0 Å². The van der Waals surface area contributed by atoms with Crippen molar-refractivity contribution in [2.45, 2.75) is 77.3 Å². The molecule has 1 aromatic rings. The Morgan fingerprint density at radius 3 is 2.36 bits per heavy atom. The van der Waals surface area contributed by atoms with Crippen LogP contribution in [0.5, 0.6) is 0 Å². The summed E-state index contributed by atoms with van der Waals surface area (Å²) in [7, 11) is -1.72. The summed E-state index contributed by atoms with van der Waals surface area (Å²) in [6, 6.07) is 5.82. The molecule has 0 spiro atoms. The van der Waals surface area contributed by atoms with Crippen molar-refractivity contribution in [2.24, 2.45) is 16.2 Å². The second-order valence-electron chi connectivity index (χ2n) is 10.3. The molecule has 0 N–H and O–H groups in total. The van der Waals surface area contributed by atoms with Crippen LogP contribution in [-0.2, 0) is 15.8 Å². The van der Waals surface area contributed by atoms with E-state index in [0.29, 0.717) is 11.8 Å². The summed E-state index contributed by atoms with van der Waals surface area (Å²) >= 11 is 2.15. The van der Waals surface area contributed by atoms with Gasteiger partial charge in [0, 0.05) is 12.5 Å². The van der Waals surface area contributed by atoms with Crippen molar-refractivity contribution >= 4 is 41.3 Å². The van der Waals surface area contributed by atoms with Crippen LogP contribution < -0.4 is 0 Å². The third kappa shape index (κ3) is 6.14. The molecule has 28 heavy (non-hydrogen) atoms. The van der Waals surface area contributed by atoms with Gasteiger partial charge in [0.05, 0.1) is 5.69 Å². The van der Waals surface area contributed by atoms with Crippen LogP contribution in [0.1, 0.15) is 60.1 Å². The molecule has 1 fully saturated rings. The summed E-state index contributed by atoms with van der Waals surface area (Å²) < 4.78 is 24.1. The molecule has 0 aromatic carbocycles. The monoisotopic (exact) mass is 486 g/mol. The summed E-state index contributed by atoms with van der Waals surface area (Å²) in [5.74, 6) is 0.834. The van der Waals surface area contributed by atoms with Crippen molar-refractivity contribution in [2.75, 3.05) is 6.61 Å². The van der Waals surface area contributed by atoms with Crippen molar-refractivity contribution in [3.8, 4) is 0 Å². The van der Waals surface area contributed by atoms with E-state index in [0.717, 1.165) is 35.5 Å². The summed E-state index contributed by atoms with van der Waals surface area (Å²) in [6.45, 7) is 18.1. The fourth-order valence-electron chi connectivity index (χ4n) is 2.75. The fraction of sp³-hybridized carbons (Fsp3) is 0.714. The highest BCUT2D eigenvalue weighted by atomic mass is 79.9. The molecule has 0 unspecified atom stereocenters.